The molecule has 0 spiro atoms. The first-order chi connectivity index (χ1) is 8.34. The monoisotopic (exact) mass is 244 g/mol. The van der Waals surface area contributed by atoms with Crippen LogP contribution in [-0.2, 0) is 0 Å². The highest BCUT2D eigenvalue weighted by atomic mass is 35.5. The van der Waals surface area contributed by atoms with Crippen LogP contribution in [0.1, 0.15) is 0 Å². The molecule has 0 aliphatic carbocycles. The van der Waals surface area contributed by atoms with Gasteiger partial charge >= 0.3 is 0 Å². The second-order valence-corrected chi connectivity index (χ2v) is 4.04. The molecule has 1 N–H and O–H groups in total. The fourth-order valence-corrected chi connectivity index (χ4v) is 1.94. The highest BCUT2D eigenvalue weighted by molar-refractivity contribution is 6.31. The Balaban J connectivity index is 2.22. The number of halogens is 1. The number of benzene rings is 1. The molecule has 3 nitrogen and oxygen atoms in total. The van der Waals surface area contributed by atoms with Gasteiger partial charge in [0, 0.05) is 28.5 Å². The Bertz CT molecular complexity index is 615. The lowest BCUT2D eigenvalue weighted by atomic mass is 10.0. The summed E-state index contributed by atoms with van der Waals surface area (Å²) in [5, 5.41) is 0.673. The van der Waals surface area contributed by atoms with Gasteiger partial charge in [-0.3, -0.25) is 0 Å². The van der Waals surface area contributed by atoms with E-state index in [1.165, 1.54) is 0 Å². The number of rotatable bonds is 2. The Morgan fingerprint density at radius 3 is 2.82 bits per heavy atom. The zero-order chi connectivity index (χ0) is 11.7. The van der Waals surface area contributed by atoms with E-state index in [1.807, 2.05) is 30.3 Å². The molecule has 84 valence electrons. The molecule has 17 heavy (non-hydrogen) atoms. The molecule has 0 aliphatic heterocycles. The van der Waals surface area contributed by atoms with E-state index in [4.69, 9.17) is 16.0 Å². The van der Waals surface area contributed by atoms with Crippen molar-refractivity contribution in [1.82, 2.24) is 9.97 Å². The highest BCUT2D eigenvalue weighted by Crippen LogP contribution is 2.32. The average molecular weight is 245 g/mol. The molecule has 0 fully saturated rings. The van der Waals surface area contributed by atoms with Crippen molar-refractivity contribution in [2.24, 2.45) is 0 Å². The lowest BCUT2D eigenvalue weighted by Crippen LogP contribution is -1.85. The SMILES string of the molecule is Clc1ccc(-c2ccco2)c(-c2ncc[nH]2)c1. The standard InChI is InChI=1S/C13H9ClN2O/c14-9-3-4-10(12-2-1-7-17-12)11(8-9)13-15-5-6-16-13/h1-8H,(H,15,16). The molecular weight excluding hydrogens is 236 g/mol. The number of H-pyrrole nitrogens is 1. The zero-order valence-electron chi connectivity index (χ0n) is 8.85. The van der Waals surface area contributed by atoms with Crippen molar-refractivity contribution in [3.05, 3.63) is 54.0 Å². The number of nitrogens with one attached hydrogen (secondary N) is 1. The summed E-state index contributed by atoms with van der Waals surface area (Å²) in [4.78, 5) is 7.31. The van der Waals surface area contributed by atoms with Crippen LogP contribution in [0, 0.1) is 0 Å². The van der Waals surface area contributed by atoms with Gasteiger partial charge in [0.05, 0.1) is 6.26 Å². The van der Waals surface area contributed by atoms with E-state index in [1.54, 1.807) is 18.7 Å². The maximum absolute atomic E-state index is 6.02. The quantitative estimate of drug-likeness (QED) is 0.741. The molecule has 4 heteroatoms. The number of imidazole rings is 1. The van der Waals surface area contributed by atoms with Crippen molar-refractivity contribution >= 4 is 11.6 Å². The first-order valence-corrected chi connectivity index (χ1v) is 5.55. The minimum absolute atomic E-state index is 0.673. The fourth-order valence-electron chi connectivity index (χ4n) is 1.77. The average Bonchev–Trinajstić information content (AvgIpc) is 3.02. The van der Waals surface area contributed by atoms with E-state index >= 15 is 0 Å². The van der Waals surface area contributed by atoms with Gasteiger partial charge in [0.25, 0.3) is 0 Å². The summed E-state index contributed by atoms with van der Waals surface area (Å²) in [6.07, 6.45) is 5.14. The van der Waals surface area contributed by atoms with Gasteiger partial charge in [-0.1, -0.05) is 11.6 Å². The lowest BCUT2D eigenvalue weighted by molar-refractivity contribution is 0.582. The zero-order valence-corrected chi connectivity index (χ0v) is 9.61. The molecule has 0 amide bonds. The van der Waals surface area contributed by atoms with Crippen LogP contribution < -0.4 is 0 Å². The summed E-state index contributed by atoms with van der Waals surface area (Å²) in [5.41, 5.74) is 1.90. The predicted molar refractivity (Wildman–Crippen MR) is 66.7 cm³/mol. The van der Waals surface area contributed by atoms with E-state index in [0.29, 0.717) is 5.02 Å². The Morgan fingerprint density at radius 1 is 1.18 bits per heavy atom. The van der Waals surface area contributed by atoms with Crippen molar-refractivity contribution in [1.29, 1.82) is 0 Å². The Hall–Kier alpha value is -2.00. The van der Waals surface area contributed by atoms with Gasteiger partial charge in [-0.25, -0.2) is 4.98 Å². The predicted octanol–water partition coefficient (Wildman–Crippen LogP) is 3.99. The van der Waals surface area contributed by atoms with Crippen LogP contribution in [0.15, 0.2) is 53.4 Å². The van der Waals surface area contributed by atoms with Crippen LogP contribution in [0.25, 0.3) is 22.7 Å². The van der Waals surface area contributed by atoms with Crippen LogP contribution in [0.2, 0.25) is 5.02 Å². The molecule has 0 unspecified atom stereocenters. The molecule has 0 saturated heterocycles. The fraction of sp³-hybridized carbons (Fsp3) is 0. The van der Waals surface area contributed by atoms with Crippen molar-refractivity contribution < 1.29 is 4.42 Å². The second kappa shape index (κ2) is 4.11. The largest absolute Gasteiger partial charge is 0.464 e. The third kappa shape index (κ3) is 1.85. The van der Waals surface area contributed by atoms with E-state index in [9.17, 15) is 0 Å². The van der Waals surface area contributed by atoms with Crippen molar-refractivity contribution in [3.63, 3.8) is 0 Å². The second-order valence-electron chi connectivity index (χ2n) is 3.60. The van der Waals surface area contributed by atoms with Gasteiger partial charge < -0.3 is 9.40 Å². The molecule has 1 aromatic carbocycles. The Labute approximate surface area is 103 Å². The number of nitrogens with zero attached hydrogens (tertiary/aromatic N) is 1. The molecule has 3 rings (SSSR count). The van der Waals surface area contributed by atoms with Crippen LogP contribution >= 0.6 is 11.6 Å². The van der Waals surface area contributed by atoms with E-state index in [2.05, 4.69) is 9.97 Å². The van der Waals surface area contributed by atoms with Gasteiger partial charge in [0.15, 0.2) is 0 Å². The summed E-state index contributed by atoms with van der Waals surface area (Å²) in [5.74, 6) is 1.58. The highest BCUT2D eigenvalue weighted by Gasteiger charge is 2.11. The topological polar surface area (TPSA) is 41.8 Å². The summed E-state index contributed by atoms with van der Waals surface area (Å²) in [7, 11) is 0. The van der Waals surface area contributed by atoms with Crippen LogP contribution in [-0.4, -0.2) is 9.97 Å². The molecule has 0 aliphatic rings. The van der Waals surface area contributed by atoms with Gasteiger partial charge in [0.2, 0.25) is 0 Å². The maximum Gasteiger partial charge on any atom is 0.138 e. The Morgan fingerprint density at radius 2 is 2.12 bits per heavy atom. The van der Waals surface area contributed by atoms with Gasteiger partial charge in [0.1, 0.15) is 11.6 Å². The van der Waals surface area contributed by atoms with Crippen LogP contribution in [0.3, 0.4) is 0 Å². The molecule has 0 saturated carbocycles. The minimum atomic E-state index is 0.673. The lowest BCUT2D eigenvalue weighted by Gasteiger charge is -2.05. The summed E-state index contributed by atoms with van der Waals surface area (Å²) >= 11 is 6.02. The minimum Gasteiger partial charge on any atom is -0.464 e. The first kappa shape index (κ1) is 10.2. The maximum atomic E-state index is 6.02. The smallest absolute Gasteiger partial charge is 0.138 e. The normalized spacial score (nSPS) is 10.6. The van der Waals surface area contributed by atoms with Gasteiger partial charge in [-0.2, -0.15) is 0 Å². The summed E-state index contributed by atoms with van der Waals surface area (Å²) in [6, 6.07) is 9.41. The van der Waals surface area contributed by atoms with E-state index in [-0.39, 0.29) is 0 Å². The number of aromatic nitrogens is 2. The molecule has 2 heterocycles. The molecule has 2 aromatic heterocycles. The van der Waals surface area contributed by atoms with E-state index in [0.717, 1.165) is 22.7 Å². The van der Waals surface area contributed by atoms with E-state index < -0.39 is 0 Å². The molecule has 0 radical (unpaired) electrons. The van der Waals surface area contributed by atoms with Crippen molar-refractivity contribution in [2.45, 2.75) is 0 Å². The summed E-state index contributed by atoms with van der Waals surface area (Å²) in [6.45, 7) is 0. The van der Waals surface area contributed by atoms with Gasteiger partial charge in [-0.05, 0) is 30.3 Å². The molecule has 0 atom stereocenters. The number of hydrogen-bond donors (Lipinski definition) is 1. The third-order valence-electron chi connectivity index (χ3n) is 2.52. The molecule has 0 bridgehead atoms. The third-order valence-corrected chi connectivity index (χ3v) is 2.76. The Kier molecular flexibility index (Phi) is 2.46. The van der Waals surface area contributed by atoms with Gasteiger partial charge in [-0.15, -0.1) is 0 Å². The molecular formula is C13H9ClN2O. The van der Waals surface area contributed by atoms with Crippen molar-refractivity contribution in [3.8, 4) is 22.7 Å². The number of hydrogen-bond acceptors (Lipinski definition) is 2. The van der Waals surface area contributed by atoms with Crippen LogP contribution in [0.5, 0.6) is 0 Å². The first-order valence-electron chi connectivity index (χ1n) is 5.18. The number of aromatic amines is 1. The molecule has 3 aromatic rings. The number of furan rings is 1. The van der Waals surface area contributed by atoms with Crippen LogP contribution in [0.4, 0.5) is 0 Å². The summed E-state index contributed by atoms with van der Waals surface area (Å²) < 4.78 is 5.41. The van der Waals surface area contributed by atoms with Crippen molar-refractivity contribution in [2.75, 3.05) is 0 Å².